The molecule has 0 atom stereocenters. The number of carbonyl (C=O) groups is 1. The van der Waals surface area contributed by atoms with Gasteiger partial charge in [0, 0.05) is 17.5 Å². The van der Waals surface area contributed by atoms with Gasteiger partial charge in [0.05, 0.1) is 51.8 Å². The van der Waals surface area contributed by atoms with Crippen LogP contribution in [0.5, 0.6) is 28.7 Å². The number of anilines is 1. The molecule has 0 fully saturated rings. The van der Waals surface area contributed by atoms with Crippen molar-refractivity contribution in [1.82, 2.24) is 4.98 Å². The molecule has 0 bridgehead atoms. The van der Waals surface area contributed by atoms with Crippen LogP contribution in [0.2, 0.25) is 5.02 Å². The average molecular weight is 421 g/mol. The van der Waals surface area contributed by atoms with E-state index in [0.29, 0.717) is 56.1 Å². The van der Waals surface area contributed by atoms with Crippen LogP contribution in [0.4, 0.5) is 5.69 Å². The number of ether oxygens (including phenoxy) is 5. The van der Waals surface area contributed by atoms with Gasteiger partial charge in [-0.2, -0.15) is 0 Å². The lowest BCUT2D eigenvalue weighted by molar-refractivity contribution is 0.102. The summed E-state index contributed by atoms with van der Waals surface area (Å²) in [6, 6.07) is 6.52. The summed E-state index contributed by atoms with van der Waals surface area (Å²) in [5.41, 5.74) is 1.27. The summed E-state index contributed by atoms with van der Waals surface area (Å²) in [7, 11) is 7.58. The Bertz CT molecular complexity index is 1060. The standard InChI is InChI=1S/C20H21ClN2O6/c1-25-14-8-17(28-4)19(29-5)18-10(14)6-13(22-18)20(24)23-12-7-11(21)15(26-2)9-16(12)27-3/h6-9,22H,1-5H3,(H,23,24). The summed E-state index contributed by atoms with van der Waals surface area (Å²) in [4.78, 5) is 15.9. The van der Waals surface area contributed by atoms with E-state index in [1.165, 1.54) is 35.5 Å². The van der Waals surface area contributed by atoms with Crippen molar-refractivity contribution in [3.8, 4) is 28.7 Å². The topological polar surface area (TPSA) is 91.0 Å². The molecule has 8 nitrogen and oxygen atoms in total. The van der Waals surface area contributed by atoms with E-state index in [4.69, 9.17) is 35.3 Å². The fraction of sp³-hybridized carbons (Fsp3) is 0.250. The zero-order valence-corrected chi connectivity index (χ0v) is 17.4. The monoisotopic (exact) mass is 420 g/mol. The fourth-order valence-electron chi connectivity index (χ4n) is 3.01. The number of rotatable bonds is 7. The Morgan fingerprint density at radius 1 is 0.828 bits per heavy atom. The molecule has 3 aromatic rings. The molecule has 0 saturated heterocycles. The van der Waals surface area contributed by atoms with Crippen LogP contribution in [0.3, 0.4) is 0 Å². The average Bonchev–Trinajstić information content (AvgIpc) is 3.18. The summed E-state index contributed by atoms with van der Waals surface area (Å²) in [6.45, 7) is 0. The number of fused-ring (bicyclic) bond motifs is 1. The van der Waals surface area contributed by atoms with E-state index in [1.54, 1.807) is 24.3 Å². The number of carbonyl (C=O) groups excluding carboxylic acids is 1. The minimum absolute atomic E-state index is 0.291. The Morgan fingerprint density at radius 3 is 2.03 bits per heavy atom. The predicted octanol–water partition coefficient (Wildman–Crippen LogP) is 4.12. The molecule has 2 aromatic carbocycles. The van der Waals surface area contributed by atoms with Gasteiger partial charge in [0.25, 0.3) is 5.91 Å². The van der Waals surface area contributed by atoms with E-state index in [9.17, 15) is 4.79 Å². The van der Waals surface area contributed by atoms with Gasteiger partial charge in [-0.15, -0.1) is 0 Å². The Hall–Kier alpha value is -3.26. The predicted molar refractivity (Wildman–Crippen MR) is 110 cm³/mol. The van der Waals surface area contributed by atoms with Crippen molar-refractivity contribution >= 4 is 34.1 Å². The van der Waals surface area contributed by atoms with E-state index in [1.807, 2.05) is 0 Å². The first kappa shape index (κ1) is 20.5. The van der Waals surface area contributed by atoms with E-state index >= 15 is 0 Å². The molecule has 154 valence electrons. The number of aromatic amines is 1. The molecule has 0 unspecified atom stereocenters. The van der Waals surface area contributed by atoms with Gasteiger partial charge in [-0.1, -0.05) is 11.6 Å². The molecule has 0 aliphatic carbocycles. The van der Waals surface area contributed by atoms with E-state index in [0.717, 1.165) is 0 Å². The highest BCUT2D eigenvalue weighted by atomic mass is 35.5. The van der Waals surface area contributed by atoms with Gasteiger partial charge in [0.15, 0.2) is 11.5 Å². The summed E-state index contributed by atoms with van der Waals surface area (Å²) in [6.07, 6.45) is 0. The second kappa shape index (κ2) is 8.40. The quantitative estimate of drug-likeness (QED) is 0.597. The van der Waals surface area contributed by atoms with E-state index in [2.05, 4.69) is 10.3 Å². The van der Waals surface area contributed by atoms with Crippen LogP contribution in [0, 0.1) is 0 Å². The van der Waals surface area contributed by atoms with Gasteiger partial charge in [-0.05, 0) is 12.1 Å². The lowest BCUT2D eigenvalue weighted by atomic mass is 10.2. The van der Waals surface area contributed by atoms with Gasteiger partial charge in [0.2, 0.25) is 0 Å². The number of H-pyrrole nitrogens is 1. The van der Waals surface area contributed by atoms with Gasteiger partial charge in [-0.3, -0.25) is 4.79 Å². The number of aromatic nitrogens is 1. The maximum Gasteiger partial charge on any atom is 0.272 e. The largest absolute Gasteiger partial charge is 0.496 e. The summed E-state index contributed by atoms with van der Waals surface area (Å²) >= 11 is 6.18. The number of benzene rings is 2. The van der Waals surface area contributed by atoms with Crippen LogP contribution in [0.25, 0.3) is 10.9 Å². The van der Waals surface area contributed by atoms with Gasteiger partial charge < -0.3 is 34.0 Å². The van der Waals surface area contributed by atoms with E-state index in [-0.39, 0.29) is 0 Å². The molecule has 0 aliphatic heterocycles. The fourth-order valence-corrected chi connectivity index (χ4v) is 3.25. The number of nitrogens with one attached hydrogen (secondary N) is 2. The third kappa shape index (κ3) is 3.71. The minimum atomic E-state index is -0.399. The Kier molecular flexibility index (Phi) is 5.93. The number of hydrogen-bond acceptors (Lipinski definition) is 6. The highest BCUT2D eigenvalue weighted by Crippen LogP contribution is 2.41. The van der Waals surface area contributed by atoms with Crippen molar-refractivity contribution in [2.75, 3.05) is 40.9 Å². The minimum Gasteiger partial charge on any atom is -0.496 e. The molecule has 3 rings (SSSR count). The van der Waals surface area contributed by atoms with Gasteiger partial charge in [0.1, 0.15) is 22.9 Å². The molecule has 29 heavy (non-hydrogen) atoms. The van der Waals surface area contributed by atoms with Gasteiger partial charge in [-0.25, -0.2) is 0 Å². The van der Waals surface area contributed by atoms with Crippen molar-refractivity contribution in [3.05, 3.63) is 35.0 Å². The lowest BCUT2D eigenvalue weighted by Crippen LogP contribution is -2.13. The molecular formula is C20H21ClN2O6. The molecule has 0 aliphatic rings. The number of amides is 1. The van der Waals surface area contributed by atoms with Crippen LogP contribution >= 0.6 is 11.6 Å². The molecule has 1 aromatic heterocycles. The SMILES string of the molecule is COc1cc(OC)c(NC(=O)c2cc3c(OC)cc(OC)c(OC)c3[nH]2)cc1Cl. The zero-order chi connectivity index (χ0) is 21.1. The molecule has 0 radical (unpaired) electrons. The molecule has 2 N–H and O–H groups in total. The van der Waals surface area contributed by atoms with Crippen LogP contribution in [-0.2, 0) is 0 Å². The normalized spacial score (nSPS) is 10.6. The third-order valence-corrected chi connectivity index (χ3v) is 4.70. The summed E-state index contributed by atoms with van der Waals surface area (Å²) < 4.78 is 26.7. The first-order chi connectivity index (χ1) is 14.0. The first-order valence-electron chi connectivity index (χ1n) is 8.51. The molecule has 0 saturated carbocycles. The van der Waals surface area contributed by atoms with Crippen molar-refractivity contribution in [3.63, 3.8) is 0 Å². The number of methoxy groups -OCH3 is 5. The number of hydrogen-bond donors (Lipinski definition) is 2. The number of halogens is 1. The highest BCUT2D eigenvalue weighted by Gasteiger charge is 2.20. The van der Waals surface area contributed by atoms with Gasteiger partial charge >= 0.3 is 0 Å². The van der Waals surface area contributed by atoms with Crippen molar-refractivity contribution in [2.45, 2.75) is 0 Å². The smallest absolute Gasteiger partial charge is 0.272 e. The Morgan fingerprint density at radius 2 is 1.45 bits per heavy atom. The summed E-state index contributed by atoms with van der Waals surface area (Å²) in [5, 5.41) is 3.80. The maximum atomic E-state index is 12.9. The Balaban J connectivity index is 2.03. The summed E-state index contributed by atoms with van der Waals surface area (Å²) in [5.74, 6) is 1.93. The first-order valence-corrected chi connectivity index (χ1v) is 8.89. The second-order valence-corrected chi connectivity index (χ2v) is 6.33. The zero-order valence-electron chi connectivity index (χ0n) is 16.6. The molecule has 0 spiro atoms. The van der Waals surface area contributed by atoms with Crippen molar-refractivity contribution in [2.24, 2.45) is 0 Å². The Labute approximate surface area is 172 Å². The molecule has 9 heteroatoms. The van der Waals surface area contributed by atoms with Crippen LogP contribution in [-0.4, -0.2) is 46.4 Å². The van der Waals surface area contributed by atoms with E-state index < -0.39 is 5.91 Å². The lowest BCUT2D eigenvalue weighted by Gasteiger charge is -2.12. The van der Waals surface area contributed by atoms with Crippen molar-refractivity contribution in [1.29, 1.82) is 0 Å². The van der Waals surface area contributed by atoms with Crippen molar-refractivity contribution < 1.29 is 28.5 Å². The van der Waals surface area contributed by atoms with Crippen LogP contribution < -0.4 is 29.0 Å². The third-order valence-electron chi connectivity index (χ3n) is 4.41. The maximum absolute atomic E-state index is 12.9. The molecule has 1 amide bonds. The second-order valence-electron chi connectivity index (χ2n) is 5.93. The van der Waals surface area contributed by atoms with Crippen LogP contribution in [0.15, 0.2) is 24.3 Å². The van der Waals surface area contributed by atoms with Crippen LogP contribution in [0.1, 0.15) is 10.5 Å². The molecular weight excluding hydrogens is 400 g/mol. The molecule has 1 heterocycles. The highest BCUT2D eigenvalue weighted by molar-refractivity contribution is 6.32.